The highest BCUT2D eigenvalue weighted by molar-refractivity contribution is 5.85. The third-order valence-electron chi connectivity index (χ3n) is 3.46. The van der Waals surface area contributed by atoms with Crippen molar-refractivity contribution in [2.45, 2.75) is 19.3 Å². The van der Waals surface area contributed by atoms with Gasteiger partial charge in [0, 0.05) is 25.0 Å². The SMILES string of the molecule is CC(C)(CNC(=O)C1CNC1)c1ccccc1F.Cl. The first-order chi connectivity index (χ1) is 8.50. The van der Waals surface area contributed by atoms with Crippen molar-refractivity contribution in [3.8, 4) is 0 Å². The average molecular weight is 287 g/mol. The van der Waals surface area contributed by atoms with Crippen LogP contribution < -0.4 is 10.6 Å². The summed E-state index contributed by atoms with van der Waals surface area (Å²) in [5.41, 5.74) is 0.232. The number of hydrogen-bond donors (Lipinski definition) is 2. The normalized spacial score (nSPS) is 15.3. The van der Waals surface area contributed by atoms with E-state index >= 15 is 0 Å². The van der Waals surface area contributed by atoms with Crippen molar-refractivity contribution < 1.29 is 9.18 Å². The van der Waals surface area contributed by atoms with Crippen molar-refractivity contribution >= 4 is 18.3 Å². The Morgan fingerprint density at radius 3 is 2.58 bits per heavy atom. The molecule has 106 valence electrons. The monoisotopic (exact) mass is 286 g/mol. The molecule has 0 radical (unpaired) electrons. The Morgan fingerprint density at radius 1 is 1.42 bits per heavy atom. The topological polar surface area (TPSA) is 41.1 Å². The van der Waals surface area contributed by atoms with Crippen molar-refractivity contribution in [2.75, 3.05) is 19.6 Å². The number of carbonyl (C=O) groups is 1. The molecule has 1 amide bonds. The Morgan fingerprint density at radius 2 is 2.05 bits per heavy atom. The number of carbonyl (C=O) groups excluding carboxylic acids is 1. The molecule has 1 heterocycles. The van der Waals surface area contributed by atoms with E-state index in [1.165, 1.54) is 6.07 Å². The average Bonchev–Trinajstić information content (AvgIpc) is 2.24. The summed E-state index contributed by atoms with van der Waals surface area (Å²) >= 11 is 0. The van der Waals surface area contributed by atoms with Crippen molar-refractivity contribution in [1.82, 2.24) is 10.6 Å². The summed E-state index contributed by atoms with van der Waals surface area (Å²) in [6, 6.07) is 6.71. The van der Waals surface area contributed by atoms with Gasteiger partial charge < -0.3 is 10.6 Å². The second kappa shape index (κ2) is 6.35. The molecule has 1 aliphatic heterocycles. The molecule has 0 spiro atoms. The minimum atomic E-state index is -0.405. The lowest BCUT2D eigenvalue weighted by Gasteiger charge is -2.30. The van der Waals surface area contributed by atoms with Gasteiger partial charge in [0.1, 0.15) is 5.82 Å². The van der Waals surface area contributed by atoms with Gasteiger partial charge in [0.15, 0.2) is 0 Å². The fraction of sp³-hybridized carbons (Fsp3) is 0.500. The molecule has 0 bridgehead atoms. The Balaban J connectivity index is 0.00000180. The molecule has 1 aromatic carbocycles. The van der Waals surface area contributed by atoms with Crippen LogP contribution in [-0.4, -0.2) is 25.5 Å². The van der Waals surface area contributed by atoms with Crippen molar-refractivity contribution in [3.63, 3.8) is 0 Å². The quantitative estimate of drug-likeness (QED) is 0.887. The lowest BCUT2D eigenvalue weighted by molar-refractivity contribution is -0.126. The van der Waals surface area contributed by atoms with E-state index in [1.807, 2.05) is 19.9 Å². The minimum Gasteiger partial charge on any atom is -0.355 e. The highest BCUT2D eigenvalue weighted by Crippen LogP contribution is 2.24. The number of halogens is 2. The standard InChI is InChI=1S/C14H19FN2O.ClH/c1-14(2,11-5-3-4-6-12(11)15)9-17-13(18)10-7-16-8-10;/h3-6,10,16H,7-9H2,1-2H3,(H,17,18);1H. The van der Waals surface area contributed by atoms with Crippen LogP contribution >= 0.6 is 12.4 Å². The molecule has 1 saturated heterocycles. The number of amides is 1. The first kappa shape index (κ1) is 15.9. The maximum atomic E-state index is 13.7. The third kappa shape index (κ3) is 3.67. The number of nitrogens with one attached hydrogen (secondary N) is 2. The largest absolute Gasteiger partial charge is 0.355 e. The summed E-state index contributed by atoms with van der Waals surface area (Å²) in [4.78, 5) is 11.7. The molecular weight excluding hydrogens is 267 g/mol. The maximum Gasteiger partial charge on any atom is 0.225 e. The van der Waals surface area contributed by atoms with Gasteiger partial charge in [0.2, 0.25) is 5.91 Å². The van der Waals surface area contributed by atoms with Crippen molar-refractivity contribution in [1.29, 1.82) is 0 Å². The summed E-state index contributed by atoms with van der Waals surface area (Å²) in [5, 5.41) is 5.96. The van der Waals surface area contributed by atoms with E-state index in [4.69, 9.17) is 0 Å². The van der Waals surface area contributed by atoms with E-state index in [2.05, 4.69) is 10.6 Å². The molecule has 1 fully saturated rings. The smallest absolute Gasteiger partial charge is 0.225 e. The van der Waals surface area contributed by atoms with Crippen LogP contribution in [0.1, 0.15) is 19.4 Å². The van der Waals surface area contributed by atoms with E-state index in [-0.39, 0.29) is 30.0 Å². The molecule has 2 rings (SSSR count). The van der Waals surface area contributed by atoms with E-state index in [0.29, 0.717) is 12.1 Å². The predicted octanol–water partition coefficient (Wildman–Crippen LogP) is 1.86. The zero-order valence-corrected chi connectivity index (χ0v) is 12.0. The fourth-order valence-corrected chi connectivity index (χ4v) is 2.03. The Bertz CT molecular complexity index is 447. The van der Waals surface area contributed by atoms with E-state index in [0.717, 1.165) is 13.1 Å². The molecule has 1 aliphatic rings. The molecule has 3 nitrogen and oxygen atoms in total. The summed E-state index contributed by atoms with van der Waals surface area (Å²) in [6.45, 7) is 5.80. The van der Waals surface area contributed by atoms with Gasteiger partial charge in [-0.2, -0.15) is 0 Å². The van der Waals surface area contributed by atoms with Crippen LogP contribution in [0.5, 0.6) is 0 Å². The van der Waals surface area contributed by atoms with E-state index < -0.39 is 5.41 Å². The van der Waals surface area contributed by atoms with Gasteiger partial charge in [-0.05, 0) is 11.6 Å². The summed E-state index contributed by atoms with van der Waals surface area (Å²) in [5.74, 6) is -0.0957. The van der Waals surface area contributed by atoms with Gasteiger partial charge >= 0.3 is 0 Å². The molecular formula is C14H20ClFN2O. The van der Waals surface area contributed by atoms with Crippen LogP contribution in [-0.2, 0) is 10.2 Å². The molecule has 0 aliphatic carbocycles. The first-order valence-corrected chi connectivity index (χ1v) is 6.24. The lowest BCUT2D eigenvalue weighted by Crippen LogP contribution is -2.52. The molecule has 2 N–H and O–H groups in total. The van der Waals surface area contributed by atoms with E-state index in [1.54, 1.807) is 12.1 Å². The van der Waals surface area contributed by atoms with Crippen LogP contribution in [0.3, 0.4) is 0 Å². The van der Waals surface area contributed by atoms with Gasteiger partial charge in [-0.3, -0.25) is 4.79 Å². The zero-order chi connectivity index (χ0) is 13.2. The molecule has 0 aromatic heterocycles. The van der Waals surface area contributed by atoms with E-state index in [9.17, 15) is 9.18 Å². The summed E-state index contributed by atoms with van der Waals surface area (Å²) < 4.78 is 13.7. The number of rotatable bonds is 4. The summed E-state index contributed by atoms with van der Waals surface area (Å²) in [6.07, 6.45) is 0. The van der Waals surface area contributed by atoms with Gasteiger partial charge in [-0.25, -0.2) is 4.39 Å². The molecule has 0 atom stereocenters. The highest BCUT2D eigenvalue weighted by atomic mass is 35.5. The molecule has 1 aromatic rings. The van der Waals surface area contributed by atoms with Gasteiger partial charge in [0.25, 0.3) is 0 Å². The first-order valence-electron chi connectivity index (χ1n) is 6.24. The molecule has 0 unspecified atom stereocenters. The Kier molecular flexibility index (Phi) is 5.32. The van der Waals surface area contributed by atoms with Crippen LogP contribution in [0.2, 0.25) is 0 Å². The van der Waals surface area contributed by atoms with Gasteiger partial charge in [0.05, 0.1) is 5.92 Å². The second-order valence-corrected chi connectivity index (χ2v) is 5.44. The lowest BCUT2D eigenvalue weighted by atomic mass is 9.84. The molecule has 0 saturated carbocycles. The van der Waals surface area contributed by atoms with Gasteiger partial charge in [-0.15, -0.1) is 12.4 Å². The van der Waals surface area contributed by atoms with Crippen LogP contribution in [0.4, 0.5) is 4.39 Å². The van der Waals surface area contributed by atoms with Crippen LogP contribution in [0.25, 0.3) is 0 Å². The Labute approximate surface area is 119 Å². The number of hydrogen-bond acceptors (Lipinski definition) is 2. The highest BCUT2D eigenvalue weighted by Gasteiger charge is 2.28. The maximum absolute atomic E-state index is 13.7. The van der Waals surface area contributed by atoms with Gasteiger partial charge in [-0.1, -0.05) is 32.0 Å². The second-order valence-electron chi connectivity index (χ2n) is 5.44. The minimum absolute atomic E-state index is 0. The Hall–Kier alpha value is -1.13. The zero-order valence-electron chi connectivity index (χ0n) is 11.2. The number of benzene rings is 1. The third-order valence-corrected chi connectivity index (χ3v) is 3.46. The molecule has 5 heteroatoms. The van der Waals surface area contributed by atoms with Crippen LogP contribution in [0, 0.1) is 11.7 Å². The molecule has 19 heavy (non-hydrogen) atoms. The summed E-state index contributed by atoms with van der Waals surface area (Å²) in [7, 11) is 0. The predicted molar refractivity (Wildman–Crippen MR) is 76.0 cm³/mol. The fourth-order valence-electron chi connectivity index (χ4n) is 2.03. The van der Waals surface area contributed by atoms with Crippen LogP contribution in [0.15, 0.2) is 24.3 Å². The van der Waals surface area contributed by atoms with Crippen molar-refractivity contribution in [3.05, 3.63) is 35.6 Å². The van der Waals surface area contributed by atoms with Crippen molar-refractivity contribution in [2.24, 2.45) is 5.92 Å².